The number of fused-ring (bicyclic) bond motifs is 4. The monoisotopic (exact) mass is 904 g/mol. The molecule has 0 saturated heterocycles. The van der Waals surface area contributed by atoms with Gasteiger partial charge in [-0.15, -0.1) is 0 Å². The Morgan fingerprint density at radius 2 is 1.12 bits per heavy atom. The predicted octanol–water partition coefficient (Wildman–Crippen LogP) is 16.7. The maximum absolute atomic E-state index is 13.2. The summed E-state index contributed by atoms with van der Waals surface area (Å²) in [6.45, 7) is 2.82. The first-order valence-corrected chi connectivity index (χ1v) is 24.0. The number of rotatable bonds is 14. The fraction of sp³-hybridized carbons (Fsp3) is 0.439. The summed E-state index contributed by atoms with van der Waals surface area (Å²) in [7, 11) is 0. The molecule has 0 aliphatic heterocycles. The van der Waals surface area contributed by atoms with Crippen LogP contribution in [0.4, 0.5) is 26.3 Å². The van der Waals surface area contributed by atoms with E-state index in [2.05, 4.69) is 92.7 Å². The summed E-state index contributed by atoms with van der Waals surface area (Å²) >= 11 is 0. The maximum Gasteiger partial charge on any atom is 0.403 e. The Labute approximate surface area is 383 Å². The minimum atomic E-state index is -5.46. The summed E-state index contributed by atoms with van der Waals surface area (Å²) in [5.41, 5.74) is 3.79. The SMILES string of the molecule is CC(CC(CC(C)c1ccc(Oc2ccc3cc4ccccc4cc3c2)cc1)c1ccc(OC2CC34CCCC5CCCC(C2C3)C54)cc1)c1ccc(OCC(C(F)(F)F)C(F)(F)F)cc1. The Hall–Kier alpha value is -5.18. The van der Waals surface area contributed by atoms with E-state index in [1.807, 2.05) is 24.3 Å². The van der Waals surface area contributed by atoms with E-state index in [-0.39, 0.29) is 29.6 Å². The van der Waals surface area contributed by atoms with E-state index in [9.17, 15) is 26.3 Å². The Kier molecular flexibility index (Phi) is 12.0. The van der Waals surface area contributed by atoms with Crippen molar-refractivity contribution in [3.8, 4) is 23.0 Å². The zero-order chi connectivity index (χ0) is 45.8. The molecular formula is C57H58F6O3. The van der Waals surface area contributed by atoms with Crippen molar-refractivity contribution in [3.05, 3.63) is 144 Å². The van der Waals surface area contributed by atoms with E-state index in [1.165, 1.54) is 85.4 Å². The highest BCUT2D eigenvalue weighted by Gasteiger charge is 2.65. The van der Waals surface area contributed by atoms with E-state index >= 15 is 0 Å². The van der Waals surface area contributed by atoms with Crippen LogP contribution in [0.1, 0.15) is 112 Å². The van der Waals surface area contributed by atoms with Gasteiger partial charge in [0, 0.05) is 0 Å². The Morgan fingerprint density at radius 1 is 0.561 bits per heavy atom. The number of halogens is 6. The molecule has 4 aliphatic carbocycles. The molecule has 6 aromatic carbocycles. The zero-order valence-electron chi connectivity index (χ0n) is 37.6. The third-order valence-corrected chi connectivity index (χ3v) is 16.2. The summed E-state index contributed by atoms with van der Waals surface area (Å²) in [6, 6.07) is 42.3. The van der Waals surface area contributed by atoms with Crippen LogP contribution in [0, 0.1) is 35.0 Å². The van der Waals surface area contributed by atoms with Crippen LogP contribution < -0.4 is 14.2 Å². The van der Waals surface area contributed by atoms with Crippen molar-refractivity contribution in [3.63, 3.8) is 0 Å². The summed E-state index contributed by atoms with van der Waals surface area (Å²) in [4.78, 5) is 0. The Balaban J connectivity index is 0.838. The van der Waals surface area contributed by atoms with E-state index in [0.29, 0.717) is 11.3 Å². The van der Waals surface area contributed by atoms with Gasteiger partial charge in [0.15, 0.2) is 5.92 Å². The molecule has 0 amide bonds. The second kappa shape index (κ2) is 17.8. The molecule has 4 fully saturated rings. The van der Waals surface area contributed by atoms with Gasteiger partial charge in [-0.25, -0.2) is 0 Å². The lowest BCUT2D eigenvalue weighted by molar-refractivity contribution is -0.289. The van der Waals surface area contributed by atoms with E-state index in [0.717, 1.165) is 64.2 Å². The molecule has 9 heteroatoms. The molecular weight excluding hydrogens is 847 g/mol. The van der Waals surface area contributed by atoms with Crippen LogP contribution in [-0.4, -0.2) is 25.1 Å². The summed E-state index contributed by atoms with van der Waals surface area (Å²) in [5, 5.41) is 4.66. The lowest BCUT2D eigenvalue weighted by atomic mass is 9.54. The molecule has 2 bridgehead atoms. The van der Waals surface area contributed by atoms with Crippen molar-refractivity contribution in [2.45, 2.75) is 114 Å². The molecule has 10 rings (SSSR count). The third-order valence-electron chi connectivity index (χ3n) is 16.2. The normalized spacial score (nSPS) is 25.1. The third kappa shape index (κ3) is 9.12. The van der Waals surface area contributed by atoms with Crippen LogP contribution in [0.3, 0.4) is 0 Å². The standard InChI is InChI=1S/C57H58F6O3/c1-35(37-12-19-46(20-13-37)64-34-53(56(58,59)60)57(61,62)63)27-44(39-16-23-48(24-17-39)66-52-33-55-26-6-10-40-9-5-11-50(54(40)55)51(52)32-55)28-36(2)38-14-21-47(22-15-38)65-49-25-18-43-29-41-7-3-4-8-42(41)30-45(43)31-49/h3-4,7-8,12-25,29-31,35-36,40,44,50-54H,5-6,9-11,26-28,32-34H2,1-2H3. The van der Waals surface area contributed by atoms with E-state index < -0.39 is 24.9 Å². The largest absolute Gasteiger partial charge is 0.493 e. The van der Waals surface area contributed by atoms with Gasteiger partial charge in [0.2, 0.25) is 0 Å². The molecule has 346 valence electrons. The number of benzene rings is 6. The molecule has 9 unspecified atom stereocenters. The fourth-order valence-electron chi connectivity index (χ4n) is 13.2. The number of hydrogen-bond acceptors (Lipinski definition) is 3. The second-order valence-corrected chi connectivity index (χ2v) is 20.3. The van der Waals surface area contributed by atoms with Gasteiger partial charge in [-0.3, -0.25) is 0 Å². The molecule has 0 aromatic heterocycles. The first-order valence-electron chi connectivity index (χ1n) is 24.0. The van der Waals surface area contributed by atoms with Gasteiger partial charge in [0.1, 0.15) is 35.7 Å². The van der Waals surface area contributed by atoms with Gasteiger partial charge in [-0.05, 0) is 184 Å². The lowest BCUT2D eigenvalue weighted by Crippen LogP contribution is -2.46. The van der Waals surface area contributed by atoms with Crippen LogP contribution >= 0.6 is 0 Å². The minimum absolute atomic E-state index is 0.0250. The van der Waals surface area contributed by atoms with Crippen molar-refractivity contribution in [1.29, 1.82) is 0 Å². The van der Waals surface area contributed by atoms with E-state index in [4.69, 9.17) is 14.2 Å². The molecule has 0 radical (unpaired) electrons. The molecule has 66 heavy (non-hydrogen) atoms. The predicted molar refractivity (Wildman–Crippen MR) is 248 cm³/mol. The maximum atomic E-state index is 13.2. The quantitative estimate of drug-likeness (QED) is 0.0805. The van der Waals surface area contributed by atoms with Crippen LogP contribution in [-0.2, 0) is 0 Å². The molecule has 6 aromatic rings. The van der Waals surface area contributed by atoms with Crippen molar-refractivity contribution in [1.82, 2.24) is 0 Å². The Bertz CT molecular complexity index is 2610. The average Bonchev–Trinajstić information content (AvgIpc) is 3.82. The van der Waals surface area contributed by atoms with Gasteiger partial charge < -0.3 is 14.2 Å². The van der Waals surface area contributed by atoms with Gasteiger partial charge in [0.25, 0.3) is 0 Å². The summed E-state index contributed by atoms with van der Waals surface area (Å²) in [6.07, 6.45) is 1.78. The molecule has 1 spiro atoms. The molecule has 9 atom stereocenters. The first kappa shape index (κ1) is 44.6. The zero-order valence-corrected chi connectivity index (χ0v) is 37.6. The minimum Gasteiger partial charge on any atom is -0.493 e. The van der Waals surface area contributed by atoms with Crippen molar-refractivity contribution in [2.75, 3.05) is 6.61 Å². The average molecular weight is 905 g/mol. The topological polar surface area (TPSA) is 27.7 Å². The van der Waals surface area contributed by atoms with Gasteiger partial charge >= 0.3 is 12.4 Å². The van der Waals surface area contributed by atoms with Gasteiger partial charge in [0.05, 0.1) is 0 Å². The fourth-order valence-corrected chi connectivity index (χ4v) is 13.2. The molecule has 4 aliphatic rings. The van der Waals surface area contributed by atoms with E-state index in [1.54, 1.807) is 12.1 Å². The highest BCUT2D eigenvalue weighted by Crippen LogP contribution is 2.70. The summed E-state index contributed by atoms with van der Waals surface area (Å²) < 4.78 is 97.2. The van der Waals surface area contributed by atoms with Gasteiger partial charge in [-0.1, -0.05) is 106 Å². The highest BCUT2D eigenvalue weighted by molar-refractivity contribution is 5.98. The first-order chi connectivity index (χ1) is 31.7. The number of ether oxygens (including phenoxy) is 3. The molecule has 3 nitrogen and oxygen atoms in total. The second-order valence-electron chi connectivity index (χ2n) is 20.3. The summed E-state index contributed by atoms with van der Waals surface area (Å²) in [5.74, 6) is 2.49. The van der Waals surface area contributed by atoms with Crippen LogP contribution in [0.2, 0.25) is 0 Å². The Morgan fingerprint density at radius 3 is 1.77 bits per heavy atom. The van der Waals surface area contributed by atoms with Crippen molar-refractivity contribution >= 4 is 21.5 Å². The number of alkyl halides is 6. The van der Waals surface area contributed by atoms with Crippen LogP contribution in [0.5, 0.6) is 23.0 Å². The smallest absolute Gasteiger partial charge is 0.403 e. The highest BCUT2D eigenvalue weighted by atomic mass is 19.4. The van der Waals surface area contributed by atoms with Crippen LogP contribution in [0.25, 0.3) is 21.5 Å². The van der Waals surface area contributed by atoms with Gasteiger partial charge in [-0.2, -0.15) is 26.3 Å². The molecule has 0 heterocycles. The molecule has 4 saturated carbocycles. The number of hydrogen-bond donors (Lipinski definition) is 0. The molecule has 0 N–H and O–H groups in total. The lowest BCUT2D eigenvalue weighted by Gasteiger charge is -2.52. The van der Waals surface area contributed by atoms with Crippen LogP contribution in [0.15, 0.2) is 127 Å². The van der Waals surface area contributed by atoms with Crippen molar-refractivity contribution < 1.29 is 40.6 Å². The van der Waals surface area contributed by atoms with Crippen molar-refractivity contribution in [2.24, 2.45) is 35.0 Å².